The number of carbonyl (C=O) groups excluding carboxylic acids is 1. The van der Waals surface area contributed by atoms with Crippen molar-refractivity contribution in [3.63, 3.8) is 0 Å². The summed E-state index contributed by atoms with van der Waals surface area (Å²) in [4.78, 5) is 12.4. The van der Waals surface area contributed by atoms with Crippen LogP contribution in [0.1, 0.15) is 15.9 Å². The number of methoxy groups -OCH3 is 2. The zero-order valence-electron chi connectivity index (χ0n) is 11.5. The highest BCUT2D eigenvalue weighted by molar-refractivity contribution is 6.13. The minimum Gasteiger partial charge on any atom is -0.507 e. The minimum atomic E-state index is -0.651. The lowest BCUT2D eigenvalue weighted by atomic mass is 10.0. The van der Waals surface area contributed by atoms with Crippen LogP contribution in [0.2, 0.25) is 0 Å². The van der Waals surface area contributed by atoms with Crippen molar-refractivity contribution in [1.29, 1.82) is 0 Å². The van der Waals surface area contributed by atoms with Crippen LogP contribution in [0.15, 0.2) is 30.3 Å². The molecule has 2 aromatic carbocycles. The van der Waals surface area contributed by atoms with E-state index in [4.69, 9.17) is 9.47 Å². The highest BCUT2D eigenvalue weighted by Crippen LogP contribution is 2.37. The fourth-order valence-corrected chi connectivity index (χ4v) is 1.92. The summed E-state index contributed by atoms with van der Waals surface area (Å²) >= 11 is 0. The van der Waals surface area contributed by atoms with Crippen molar-refractivity contribution in [2.75, 3.05) is 14.2 Å². The molecule has 0 radical (unpaired) electrons. The summed E-state index contributed by atoms with van der Waals surface area (Å²) in [5.41, 5.74) is -0.203. The summed E-state index contributed by atoms with van der Waals surface area (Å²) in [6, 6.07) is 6.62. The molecule has 6 heteroatoms. The number of phenolic OH excluding ortho intramolecular Hbond substituents is 3. The molecule has 6 nitrogen and oxygen atoms in total. The molecule has 0 amide bonds. The zero-order chi connectivity index (χ0) is 15.6. The predicted octanol–water partition coefficient (Wildman–Crippen LogP) is 2.05. The molecule has 0 saturated heterocycles. The van der Waals surface area contributed by atoms with E-state index in [1.54, 1.807) is 0 Å². The van der Waals surface area contributed by atoms with Crippen molar-refractivity contribution in [1.82, 2.24) is 0 Å². The Kier molecular flexibility index (Phi) is 3.89. The molecule has 0 saturated carbocycles. The van der Waals surface area contributed by atoms with Gasteiger partial charge in [0, 0.05) is 6.07 Å². The Bertz CT molecular complexity index is 693. The highest BCUT2D eigenvalue weighted by Gasteiger charge is 2.21. The van der Waals surface area contributed by atoms with Gasteiger partial charge in [-0.05, 0) is 18.2 Å². The van der Waals surface area contributed by atoms with Crippen LogP contribution in [0, 0.1) is 0 Å². The van der Waals surface area contributed by atoms with Crippen LogP contribution in [0.25, 0.3) is 0 Å². The maximum Gasteiger partial charge on any atom is 0.200 e. The van der Waals surface area contributed by atoms with Crippen molar-refractivity contribution >= 4 is 5.78 Å². The lowest BCUT2D eigenvalue weighted by Gasteiger charge is -2.11. The van der Waals surface area contributed by atoms with Gasteiger partial charge in [-0.15, -0.1) is 0 Å². The summed E-state index contributed by atoms with van der Waals surface area (Å²) < 4.78 is 9.76. The standard InChI is InChI=1S/C15H14O6/c1-20-12-5-3-4-8(15(12)19)14(18)9-6-11(17)13(21-2)7-10(9)16/h3-7,16-17,19H,1-2H3. The smallest absolute Gasteiger partial charge is 0.200 e. The number of ketones is 1. The lowest BCUT2D eigenvalue weighted by molar-refractivity contribution is 0.103. The Hall–Kier alpha value is -2.89. The van der Waals surface area contributed by atoms with Crippen LogP contribution in [0.3, 0.4) is 0 Å². The zero-order valence-corrected chi connectivity index (χ0v) is 11.5. The number of carbonyl (C=O) groups is 1. The van der Waals surface area contributed by atoms with E-state index in [1.807, 2.05) is 0 Å². The van der Waals surface area contributed by atoms with Crippen LogP contribution >= 0.6 is 0 Å². The summed E-state index contributed by atoms with van der Waals surface area (Å²) in [6.45, 7) is 0. The first-order valence-corrected chi connectivity index (χ1v) is 6.00. The van der Waals surface area contributed by atoms with E-state index in [-0.39, 0.29) is 39.9 Å². The largest absolute Gasteiger partial charge is 0.507 e. The summed E-state index contributed by atoms with van der Waals surface area (Å²) in [6.07, 6.45) is 0. The third-order valence-corrected chi connectivity index (χ3v) is 3.01. The molecule has 21 heavy (non-hydrogen) atoms. The van der Waals surface area contributed by atoms with E-state index in [0.29, 0.717) is 0 Å². The highest BCUT2D eigenvalue weighted by atomic mass is 16.5. The third-order valence-electron chi connectivity index (χ3n) is 3.01. The van der Waals surface area contributed by atoms with Gasteiger partial charge in [0.15, 0.2) is 23.0 Å². The number of hydrogen-bond donors (Lipinski definition) is 3. The molecule has 0 fully saturated rings. The number of ether oxygens (including phenoxy) is 2. The second kappa shape index (κ2) is 5.62. The van der Waals surface area contributed by atoms with Gasteiger partial charge in [-0.25, -0.2) is 0 Å². The Morgan fingerprint density at radius 1 is 0.905 bits per heavy atom. The first kappa shape index (κ1) is 14.5. The lowest BCUT2D eigenvalue weighted by Crippen LogP contribution is -2.03. The summed E-state index contributed by atoms with van der Waals surface area (Å²) in [5, 5.41) is 29.5. The summed E-state index contributed by atoms with van der Waals surface area (Å²) in [5.74, 6) is -1.46. The Labute approximate surface area is 120 Å². The summed E-state index contributed by atoms with van der Waals surface area (Å²) in [7, 11) is 2.68. The molecule has 0 spiro atoms. The Morgan fingerprint density at radius 2 is 1.57 bits per heavy atom. The number of benzene rings is 2. The first-order valence-electron chi connectivity index (χ1n) is 6.00. The van der Waals surface area contributed by atoms with Crippen molar-refractivity contribution in [2.24, 2.45) is 0 Å². The van der Waals surface area contributed by atoms with Gasteiger partial charge in [-0.3, -0.25) is 4.79 Å². The Morgan fingerprint density at radius 3 is 2.19 bits per heavy atom. The molecule has 0 unspecified atom stereocenters. The normalized spacial score (nSPS) is 10.2. The van der Waals surface area contributed by atoms with Crippen molar-refractivity contribution in [3.8, 4) is 28.7 Å². The van der Waals surface area contributed by atoms with E-state index in [1.165, 1.54) is 32.4 Å². The molecule has 2 rings (SSSR count). The van der Waals surface area contributed by atoms with E-state index in [2.05, 4.69) is 0 Å². The van der Waals surface area contributed by atoms with Gasteiger partial charge < -0.3 is 24.8 Å². The van der Waals surface area contributed by atoms with Crippen LogP contribution < -0.4 is 9.47 Å². The molecule has 0 aliphatic rings. The number of hydrogen-bond acceptors (Lipinski definition) is 6. The predicted molar refractivity (Wildman–Crippen MR) is 74.4 cm³/mol. The number of aromatic hydroxyl groups is 3. The third kappa shape index (κ3) is 2.55. The monoisotopic (exact) mass is 290 g/mol. The second-order valence-electron chi connectivity index (χ2n) is 4.23. The van der Waals surface area contributed by atoms with Crippen LogP contribution in [0.4, 0.5) is 0 Å². The molecule has 0 aromatic heterocycles. The number of phenols is 3. The van der Waals surface area contributed by atoms with Gasteiger partial charge in [0.2, 0.25) is 5.78 Å². The van der Waals surface area contributed by atoms with Gasteiger partial charge >= 0.3 is 0 Å². The van der Waals surface area contributed by atoms with E-state index in [9.17, 15) is 20.1 Å². The quantitative estimate of drug-likeness (QED) is 0.589. The topological polar surface area (TPSA) is 96.2 Å². The van der Waals surface area contributed by atoms with Crippen LogP contribution in [-0.2, 0) is 0 Å². The van der Waals surface area contributed by atoms with Crippen LogP contribution in [-0.4, -0.2) is 35.3 Å². The van der Waals surface area contributed by atoms with Gasteiger partial charge in [0.25, 0.3) is 0 Å². The van der Waals surface area contributed by atoms with Crippen molar-refractivity contribution < 1.29 is 29.6 Å². The molecule has 3 N–H and O–H groups in total. The second-order valence-corrected chi connectivity index (χ2v) is 4.23. The average molecular weight is 290 g/mol. The van der Waals surface area contributed by atoms with Crippen molar-refractivity contribution in [2.45, 2.75) is 0 Å². The SMILES string of the molecule is COc1cc(O)c(C(=O)c2cccc(OC)c2O)cc1O. The van der Waals surface area contributed by atoms with Crippen LogP contribution in [0.5, 0.6) is 28.7 Å². The fraction of sp³-hybridized carbons (Fsp3) is 0.133. The van der Waals surface area contributed by atoms with E-state index < -0.39 is 5.78 Å². The van der Waals surface area contributed by atoms with Gasteiger partial charge in [-0.1, -0.05) is 6.07 Å². The minimum absolute atomic E-state index is 0.0407. The van der Waals surface area contributed by atoms with Gasteiger partial charge in [0.1, 0.15) is 5.75 Å². The van der Waals surface area contributed by atoms with E-state index >= 15 is 0 Å². The molecule has 0 atom stereocenters. The maximum absolute atomic E-state index is 12.4. The van der Waals surface area contributed by atoms with Gasteiger partial charge in [0.05, 0.1) is 25.3 Å². The molecule has 2 aromatic rings. The van der Waals surface area contributed by atoms with E-state index in [0.717, 1.165) is 12.1 Å². The maximum atomic E-state index is 12.4. The molecule has 0 bridgehead atoms. The van der Waals surface area contributed by atoms with Crippen molar-refractivity contribution in [3.05, 3.63) is 41.5 Å². The number of rotatable bonds is 4. The molecule has 0 aliphatic carbocycles. The Balaban J connectivity index is 2.53. The average Bonchev–Trinajstić information content (AvgIpc) is 2.48. The molecule has 110 valence electrons. The fourth-order valence-electron chi connectivity index (χ4n) is 1.92. The molecule has 0 aliphatic heterocycles. The van der Waals surface area contributed by atoms with Gasteiger partial charge in [-0.2, -0.15) is 0 Å². The molecule has 0 heterocycles. The molecular formula is C15H14O6. The first-order chi connectivity index (χ1) is 9.99. The number of para-hydroxylation sites is 1. The molecular weight excluding hydrogens is 276 g/mol.